The second-order valence-electron chi connectivity index (χ2n) is 5.06. The third-order valence-corrected chi connectivity index (χ3v) is 4.46. The van der Waals surface area contributed by atoms with E-state index in [1.165, 1.54) is 6.20 Å². The lowest BCUT2D eigenvalue weighted by atomic mass is 10.1. The summed E-state index contributed by atoms with van der Waals surface area (Å²) in [6.07, 6.45) is 1.72. The summed E-state index contributed by atoms with van der Waals surface area (Å²) in [5, 5.41) is 14.1. The molecular weight excluding hydrogens is 380 g/mol. The number of nitrogens with zero attached hydrogens (tertiary/aromatic N) is 1. The van der Waals surface area contributed by atoms with Gasteiger partial charge in [-0.3, -0.25) is 10.0 Å². The van der Waals surface area contributed by atoms with E-state index in [2.05, 4.69) is 21.2 Å². The highest BCUT2D eigenvalue weighted by atomic mass is 79.9. The molecule has 0 spiro atoms. The Morgan fingerprint density at radius 3 is 2.78 bits per heavy atom. The zero-order valence-electron chi connectivity index (χ0n) is 12.0. The van der Waals surface area contributed by atoms with Gasteiger partial charge in [0.15, 0.2) is 0 Å². The Labute approximate surface area is 146 Å². The molecule has 0 saturated heterocycles. The Balaban J connectivity index is 1.85. The molecular formula is C17H13BrClN2O2+. The molecule has 1 amide bonds. The van der Waals surface area contributed by atoms with Crippen LogP contribution in [0.3, 0.4) is 0 Å². The van der Waals surface area contributed by atoms with E-state index in [4.69, 9.17) is 11.6 Å². The van der Waals surface area contributed by atoms with Gasteiger partial charge in [0.05, 0.1) is 11.8 Å². The van der Waals surface area contributed by atoms with Crippen molar-refractivity contribution in [1.82, 2.24) is 0 Å². The van der Waals surface area contributed by atoms with Gasteiger partial charge >= 0.3 is 0 Å². The van der Waals surface area contributed by atoms with Gasteiger partial charge in [-0.15, -0.1) is 0 Å². The van der Waals surface area contributed by atoms with Crippen LogP contribution in [0.1, 0.15) is 5.56 Å². The van der Waals surface area contributed by atoms with E-state index >= 15 is 0 Å². The van der Waals surface area contributed by atoms with Crippen LogP contribution in [0.5, 0.6) is 0 Å². The Morgan fingerprint density at radius 2 is 2.00 bits per heavy atom. The van der Waals surface area contributed by atoms with Crippen molar-refractivity contribution in [2.45, 2.75) is 6.42 Å². The van der Waals surface area contributed by atoms with Gasteiger partial charge in [-0.25, -0.2) is 0 Å². The summed E-state index contributed by atoms with van der Waals surface area (Å²) in [5.41, 5.74) is 1.95. The molecule has 3 aromatic rings. The molecule has 0 aliphatic carbocycles. The van der Waals surface area contributed by atoms with E-state index < -0.39 is 0 Å². The quantitative estimate of drug-likeness (QED) is 0.523. The Hall–Kier alpha value is -2.11. The molecule has 116 valence electrons. The van der Waals surface area contributed by atoms with Crippen molar-refractivity contribution in [2.75, 3.05) is 5.32 Å². The summed E-state index contributed by atoms with van der Waals surface area (Å²) >= 11 is 9.52. The number of carbonyl (C=O) groups is 1. The number of hydrogen-bond donors (Lipinski definition) is 2. The molecule has 3 rings (SSSR count). The minimum Gasteiger partial charge on any atom is -0.326 e. The summed E-state index contributed by atoms with van der Waals surface area (Å²) < 4.78 is 1.80. The van der Waals surface area contributed by atoms with Crippen molar-refractivity contribution in [1.29, 1.82) is 0 Å². The van der Waals surface area contributed by atoms with Gasteiger partial charge in [0.2, 0.25) is 12.1 Å². The van der Waals surface area contributed by atoms with Crippen molar-refractivity contribution in [3.63, 3.8) is 0 Å². The first-order valence-corrected chi connectivity index (χ1v) is 8.08. The highest BCUT2D eigenvalue weighted by Crippen LogP contribution is 2.26. The maximum atomic E-state index is 12.2. The Bertz CT molecular complexity index is 899. The molecule has 0 fully saturated rings. The molecule has 0 bridgehead atoms. The lowest BCUT2D eigenvalue weighted by Gasteiger charge is -2.07. The van der Waals surface area contributed by atoms with Crippen molar-refractivity contribution < 1.29 is 14.7 Å². The van der Waals surface area contributed by atoms with Crippen molar-refractivity contribution in [2.24, 2.45) is 0 Å². The fraction of sp³-hybridized carbons (Fsp3) is 0.0588. The minimum absolute atomic E-state index is 0.176. The fourth-order valence-corrected chi connectivity index (χ4v) is 3.14. The van der Waals surface area contributed by atoms with Gasteiger partial charge in [-0.1, -0.05) is 29.8 Å². The molecule has 2 aromatic carbocycles. The first kappa shape index (κ1) is 15.8. The number of nitrogens with one attached hydrogen (secondary N) is 1. The van der Waals surface area contributed by atoms with Crippen molar-refractivity contribution >= 4 is 50.0 Å². The maximum Gasteiger partial charge on any atom is 0.267 e. The van der Waals surface area contributed by atoms with Crippen LogP contribution in [0.25, 0.3) is 10.9 Å². The predicted octanol–water partition coefficient (Wildman–Crippen LogP) is 3.96. The van der Waals surface area contributed by atoms with Gasteiger partial charge in [0.25, 0.3) is 5.52 Å². The number of hydrogen-bond acceptors (Lipinski definition) is 2. The number of anilines is 1. The van der Waals surface area contributed by atoms with Crippen LogP contribution in [0, 0.1) is 0 Å². The summed E-state index contributed by atoms with van der Waals surface area (Å²) in [7, 11) is 0. The first-order chi connectivity index (χ1) is 11.0. The van der Waals surface area contributed by atoms with Gasteiger partial charge in [0.1, 0.15) is 0 Å². The zero-order valence-corrected chi connectivity index (χ0v) is 14.3. The molecule has 1 aromatic heterocycles. The number of pyridine rings is 1. The summed E-state index contributed by atoms with van der Waals surface area (Å²) in [6.45, 7) is 0. The summed E-state index contributed by atoms with van der Waals surface area (Å²) in [4.78, 5) is 12.2. The second kappa shape index (κ2) is 6.56. The van der Waals surface area contributed by atoms with E-state index in [1.807, 2.05) is 24.3 Å². The number of fused-ring (bicyclic) bond motifs is 1. The molecule has 4 nitrogen and oxygen atoms in total. The predicted molar refractivity (Wildman–Crippen MR) is 92.8 cm³/mol. The number of benzene rings is 2. The third-order valence-electron chi connectivity index (χ3n) is 3.44. The van der Waals surface area contributed by atoms with Crippen LogP contribution in [0.4, 0.5) is 5.69 Å². The standard InChI is InChI=1S/C17H12BrClN2O2/c18-14-9-12(10-16-13(14)5-3-7-21(16)23)20-17(22)8-11-4-1-2-6-15(11)19/h1-7,9-10,23H,8H2/p+1. The fourth-order valence-electron chi connectivity index (χ4n) is 2.35. The average Bonchev–Trinajstić information content (AvgIpc) is 2.51. The number of rotatable bonds is 3. The van der Waals surface area contributed by atoms with Crippen LogP contribution in [0.2, 0.25) is 5.02 Å². The third kappa shape index (κ3) is 3.46. The molecule has 6 heteroatoms. The van der Waals surface area contributed by atoms with Crippen molar-refractivity contribution in [3.8, 4) is 0 Å². The van der Waals surface area contributed by atoms with Gasteiger partial charge in [-0.05, 0) is 39.7 Å². The monoisotopic (exact) mass is 391 g/mol. The van der Waals surface area contributed by atoms with Gasteiger partial charge in [0, 0.05) is 32.0 Å². The summed E-state index contributed by atoms with van der Waals surface area (Å²) in [6, 6.07) is 14.4. The zero-order chi connectivity index (χ0) is 16.4. The normalized spacial score (nSPS) is 10.7. The van der Waals surface area contributed by atoms with Crippen LogP contribution in [-0.2, 0) is 11.2 Å². The smallest absolute Gasteiger partial charge is 0.267 e. The van der Waals surface area contributed by atoms with Crippen LogP contribution >= 0.6 is 27.5 Å². The van der Waals surface area contributed by atoms with Gasteiger partial charge < -0.3 is 5.32 Å². The second-order valence-corrected chi connectivity index (χ2v) is 6.32. The summed E-state index contributed by atoms with van der Waals surface area (Å²) in [5.74, 6) is -0.176. The molecule has 2 N–H and O–H groups in total. The number of amides is 1. The first-order valence-electron chi connectivity index (χ1n) is 6.91. The number of aromatic nitrogens is 1. The SMILES string of the molecule is O=C(Cc1ccccc1Cl)Nc1cc(Br)c2ccc[n+](O)c2c1. The average molecular weight is 393 g/mol. The highest BCUT2D eigenvalue weighted by Gasteiger charge is 2.14. The van der Waals surface area contributed by atoms with Crippen molar-refractivity contribution in [3.05, 3.63) is 69.8 Å². The highest BCUT2D eigenvalue weighted by molar-refractivity contribution is 9.10. The molecule has 23 heavy (non-hydrogen) atoms. The van der Waals surface area contributed by atoms with Crippen LogP contribution in [-0.4, -0.2) is 11.1 Å². The maximum absolute atomic E-state index is 12.2. The van der Waals surface area contributed by atoms with Crippen LogP contribution < -0.4 is 10.0 Å². The van der Waals surface area contributed by atoms with Crippen LogP contribution in [0.15, 0.2) is 59.2 Å². The molecule has 0 aliphatic heterocycles. The molecule has 0 radical (unpaired) electrons. The molecule has 0 saturated carbocycles. The van der Waals surface area contributed by atoms with E-state index in [0.717, 1.165) is 20.2 Å². The van der Waals surface area contributed by atoms with E-state index in [-0.39, 0.29) is 12.3 Å². The molecule has 0 aliphatic rings. The Morgan fingerprint density at radius 1 is 1.22 bits per heavy atom. The lowest BCUT2D eigenvalue weighted by Crippen LogP contribution is -2.30. The van der Waals surface area contributed by atoms with Gasteiger partial charge in [-0.2, -0.15) is 0 Å². The molecule has 0 atom stereocenters. The topological polar surface area (TPSA) is 53.2 Å². The minimum atomic E-state index is -0.176. The van der Waals surface area contributed by atoms with E-state index in [0.29, 0.717) is 16.2 Å². The number of carbonyl (C=O) groups excluding carboxylic acids is 1. The molecule has 0 unspecified atom stereocenters. The molecule has 1 heterocycles. The van der Waals surface area contributed by atoms with E-state index in [9.17, 15) is 10.0 Å². The largest absolute Gasteiger partial charge is 0.326 e. The lowest BCUT2D eigenvalue weighted by molar-refractivity contribution is -0.884. The Kier molecular flexibility index (Phi) is 4.50. The number of halogens is 2. The van der Waals surface area contributed by atoms with E-state index in [1.54, 1.807) is 24.3 Å².